The van der Waals surface area contributed by atoms with Crippen molar-refractivity contribution in [3.63, 3.8) is 0 Å². The van der Waals surface area contributed by atoms with E-state index >= 15 is 0 Å². The maximum Gasteiger partial charge on any atom is 0.265 e. The van der Waals surface area contributed by atoms with Crippen molar-refractivity contribution >= 4 is 40.4 Å². The Bertz CT molecular complexity index is 1100. The lowest BCUT2D eigenvalue weighted by Crippen LogP contribution is -2.33. The molecule has 0 atom stereocenters. The summed E-state index contributed by atoms with van der Waals surface area (Å²) in [6.07, 6.45) is 0. The second-order valence-corrected chi connectivity index (χ2v) is 6.88. The predicted molar refractivity (Wildman–Crippen MR) is 106 cm³/mol. The highest BCUT2D eigenvalue weighted by atomic mass is 32.1. The molecule has 30 heavy (non-hydrogen) atoms. The van der Waals surface area contributed by atoms with Crippen LogP contribution < -0.4 is 16.0 Å². The standard InChI is InChI=1S/C20H14F3N3O3S/c21-12-7-8-14(18(23)17(12)22)25-16(27)10-24-19(28)11-4-1-2-5-13(11)26-20(29)15-6-3-9-30-15/h1-9H,10H2,(H,24,28)(H,25,27)(H,26,29). The Morgan fingerprint density at radius 1 is 0.800 bits per heavy atom. The zero-order chi connectivity index (χ0) is 21.7. The van der Waals surface area contributed by atoms with E-state index < -0.39 is 47.4 Å². The predicted octanol–water partition coefficient (Wildman–Crippen LogP) is 3.79. The molecule has 0 aliphatic rings. The Morgan fingerprint density at radius 2 is 1.57 bits per heavy atom. The molecule has 10 heteroatoms. The molecule has 0 saturated heterocycles. The summed E-state index contributed by atoms with van der Waals surface area (Å²) in [7, 11) is 0. The average molecular weight is 433 g/mol. The van der Waals surface area contributed by atoms with Crippen molar-refractivity contribution in [2.45, 2.75) is 0 Å². The largest absolute Gasteiger partial charge is 0.343 e. The molecule has 2 aromatic carbocycles. The normalized spacial score (nSPS) is 10.4. The molecular formula is C20H14F3N3O3S. The molecule has 0 unspecified atom stereocenters. The first-order valence-corrected chi connectivity index (χ1v) is 9.40. The lowest BCUT2D eigenvalue weighted by molar-refractivity contribution is -0.115. The van der Waals surface area contributed by atoms with Gasteiger partial charge >= 0.3 is 0 Å². The number of anilines is 2. The van der Waals surface area contributed by atoms with Gasteiger partial charge in [-0.25, -0.2) is 13.2 Å². The van der Waals surface area contributed by atoms with Crippen LogP contribution in [-0.2, 0) is 4.79 Å². The number of nitrogens with one attached hydrogen (secondary N) is 3. The van der Waals surface area contributed by atoms with E-state index in [1.54, 1.807) is 29.6 Å². The van der Waals surface area contributed by atoms with Crippen LogP contribution in [0.25, 0.3) is 0 Å². The molecule has 3 amide bonds. The van der Waals surface area contributed by atoms with E-state index in [1.807, 2.05) is 5.32 Å². The highest BCUT2D eigenvalue weighted by Crippen LogP contribution is 2.20. The lowest BCUT2D eigenvalue weighted by Gasteiger charge is -2.11. The van der Waals surface area contributed by atoms with Crippen LogP contribution in [0.15, 0.2) is 53.9 Å². The summed E-state index contributed by atoms with van der Waals surface area (Å²) in [5.74, 6) is -6.56. The van der Waals surface area contributed by atoms with E-state index in [9.17, 15) is 27.6 Å². The zero-order valence-electron chi connectivity index (χ0n) is 15.2. The molecule has 0 radical (unpaired) electrons. The summed E-state index contributed by atoms with van der Waals surface area (Å²) in [4.78, 5) is 37.0. The van der Waals surface area contributed by atoms with Crippen molar-refractivity contribution < 1.29 is 27.6 Å². The van der Waals surface area contributed by atoms with Crippen molar-refractivity contribution in [2.75, 3.05) is 17.2 Å². The first-order chi connectivity index (χ1) is 14.4. The number of halogens is 3. The second kappa shape index (κ2) is 9.23. The molecular weight excluding hydrogens is 419 g/mol. The summed E-state index contributed by atoms with van der Waals surface area (Å²) in [6, 6.07) is 11.0. The van der Waals surface area contributed by atoms with E-state index in [4.69, 9.17) is 0 Å². The summed E-state index contributed by atoms with van der Waals surface area (Å²) in [5, 5.41) is 8.73. The van der Waals surface area contributed by atoms with Crippen molar-refractivity contribution in [3.8, 4) is 0 Å². The fraction of sp³-hybridized carbons (Fsp3) is 0.0500. The van der Waals surface area contributed by atoms with E-state index in [2.05, 4.69) is 10.6 Å². The van der Waals surface area contributed by atoms with E-state index in [1.165, 1.54) is 23.5 Å². The van der Waals surface area contributed by atoms with E-state index in [0.29, 0.717) is 10.9 Å². The van der Waals surface area contributed by atoms with Gasteiger partial charge in [0, 0.05) is 0 Å². The SMILES string of the molecule is O=C(CNC(=O)c1ccccc1NC(=O)c1cccs1)Nc1ccc(F)c(F)c1F. The number of rotatable bonds is 6. The molecule has 3 N–H and O–H groups in total. The molecule has 0 aliphatic carbocycles. The van der Waals surface area contributed by atoms with Gasteiger partial charge in [0.05, 0.1) is 28.4 Å². The van der Waals surface area contributed by atoms with E-state index in [-0.39, 0.29) is 11.3 Å². The summed E-state index contributed by atoms with van der Waals surface area (Å²) in [5.41, 5.74) is -0.216. The Hall–Kier alpha value is -3.66. The van der Waals surface area contributed by atoms with Crippen LogP contribution in [0.2, 0.25) is 0 Å². The number of thiophene rings is 1. The molecule has 0 aliphatic heterocycles. The number of carbonyl (C=O) groups excluding carboxylic acids is 3. The Balaban J connectivity index is 1.63. The number of para-hydroxylation sites is 1. The monoisotopic (exact) mass is 433 g/mol. The van der Waals surface area contributed by atoms with Gasteiger partial charge in [0.2, 0.25) is 5.91 Å². The summed E-state index contributed by atoms with van der Waals surface area (Å²) < 4.78 is 39.8. The Labute approximate surface area is 172 Å². The minimum absolute atomic E-state index is 0.106. The quantitative estimate of drug-likeness (QED) is 0.517. The summed E-state index contributed by atoms with van der Waals surface area (Å²) >= 11 is 1.24. The molecule has 3 aromatic rings. The second-order valence-electron chi connectivity index (χ2n) is 5.93. The van der Waals surface area contributed by atoms with Gasteiger partial charge in [-0.1, -0.05) is 18.2 Å². The van der Waals surface area contributed by atoms with Gasteiger partial charge in [-0.05, 0) is 35.7 Å². The average Bonchev–Trinajstić information content (AvgIpc) is 3.28. The number of benzene rings is 2. The van der Waals surface area contributed by atoms with Crippen LogP contribution >= 0.6 is 11.3 Å². The van der Waals surface area contributed by atoms with Gasteiger partial charge in [0.1, 0.15) is 0 Å². The van der Waals surface area contributed by atoms with E-state index in [0.717, 1.165) is 6.07 Å². The topological polar surface area (TPSA) is 87.3 Å². The molecule has 154 valence electrons. The molecule has 0 spiro atoms. The minimum Gasteiger partial charge on any atom is -0.343 e. The van der Waals surface area contributed by atoms with Crippen LogP contribution in [0.1, 0.15) is 20.0 Å². The minimum atomic E-state index is -1.72. The fourth-order valence-electron chi connectivity index (χ4n) is 2.45. The summed E-state index contributed by atoms with van der Waals surface area (Å²) in [6.45, 7) is -0.565. The molecule has 6 nitrogen and oxygen atoms in total. The number of hydrogen-bond acceptors (Lipinski definition) is 4. The molecule has 3 rings (SSSR count). The van der Waals surface area contributed by atoms with Crippen LogP contribution in [0.5, 0.6) is 0 Å². The van der Waals surface area contributed by atoms with Crippen LogP contribution in [0.4, 0.5) is 24.5 Å². The maximum atomic E-state index is 13.6. The van der Waals surface area contributed by atoms with Gasteiger partial charge in [0.15, 0.2) is 17.5 Å². The smallest absolute Gasteiger partial charge is 0.265 e. The van der Waals surface area contributed by atoms with Gasteiger partial charge < -0.3 is 16.0 Å². The van der Waals surface area contributed by atoms with Crippen molar-refractivity contribution in [1.82, 2.24) is 5.32 Å². The van der Waals surface area contributed by atoms with Crippen LogP contribution in [0.3, 0.4) is 0 Å². The van der Waals surface area contributed by atoms with Crippen molar-refractivity contribution in [1.29, 1.82) is 0 Å². The highest BCUT2D eigenvalue weighted by molar-refractivity contribution is 7.12. The molecule has 0 saturated carbocycles. The zero-order valence-corrected chi connectivity index (χ0v) is 16.0. The van der Waals surface area contributed by atoms with Crippen LogP contribution in [-0.4, -0.2) is 24.3 Å². The lowest BCUT2D eigenvalue weighted by atomic mass is 10.1. The van der Waals surface area contributed by atoms with Gasteiger partial charge in [0.25, 0.3) is 11.8 Å². The van der Waals surface area contributed by atoms with Crippen LogP contribution in [0, 0.1) is 17.5 Å². The first-order valence-electron chi connectivity index (χ1n) is 8.52. The molecule has 1 heterocycles. The van der Waals surface area contributed by atoms with Gasteiger partial charge in [-0.3, -0.25) is 14.4 Å². The molecule has 0 fully saturated rings. The van der Waals surface area contributed by atoms with Crippen molar-refractivity contribution in [2.24, 2.45) is 0 Å². The molecule has 0 bridgehead atoms. The number of carbonyl (C=O) groups is 3. The third kappa shape index (κ3) is 4.84. The first kappa shape index (κ1) is 21.1. The number of hydrogen-bond donors (Lipinski definition) is 3. The third-order valence-electron chi connectivity index (χ3n) is 3.88. The Kier molecular flexibility index (Phi) is 6.48. The van der Waals surface area contributed by atoms with Gasteiger partial charge in [-0.15, -0.1) is 11.3 Å². The Morgan fingerprint density at radius 3 is 2.30 bits per heavy atom. The number of amides is 3. The fourth-order valence-corrected chi connectivity index (χ4v) is 3.07. The highest BCUT2D eigenvalue weighted by Gasteiger charge is 2.17. The van der Waals surface area contributed by atoms with Gasteiger partial charge in [-0.2, -0.15) is 0 Å². The third-order valence-corrected chi connectivity index (χ3v) is 4.75. The maximum absolute atomic E-state index is 13.6. The molecule has 1 aromatic heterocycles. The van der Waals surface area contributed by atoms with Crippen molar-refractivity contribution in [3.05, 3.63) is 81.8 Å².